The minimum atomic E-state index is 0.387. The van der Waals surface area contributed by atoms with E-state index < -0.39 is 0 Å². The number of fused-ring (bicyclic) bond motifs is 1. The minimum Gasteiger partial charge on any atom is -0.240 e. The molecule has 1 aromatic carbocycles. The molecule has 2 atom stereocenters. The Labute approximate surface area is 97.9 Å². The third kappa shape index (κ3) is 2.02. The Hall–Kier alpha value is -0.960. The van der Waals surface area contributed by atoms with Gasteiger partial charge in [-0.1, -0.05) is 48.0 Å². The Morgan fingerprint density at radius 2 is 1.87 bits per heavy atom. The van der Waals surface area contributed by atoms with Crippen molar-refractivity contribution in [1.29, 1.82) is 0 Å². The normalized spacial score (nSPS) is 15.1. The number of aromatic nitrogens is 2. The van der Waals surface area contributed by atoms with E-state index >= 15 is 0 Å². The summed E-state index contributed by atoms with van der Waals surface area (Å²) in [6.07, 6.45) is 1.64. The quantitative estimate of drug-likeness (QED) is 0.776. The lowest BCUT2D eigenvalue weighted by Gasteiger charge is -2.15. The highest BCUT2D eigenvalue weighted by Gasteiger charge is 2.15. The lowest BCUT2D eigenvalue weighted by atomic mass is 10.0. The van der Waals surface area contributed by atoms with E-state index in [9.17, 15) is 0 Å². The largest absolute Gasteiger partial charge is 0.240 e. The predicted molar refractivity (Wildman–Crippen MR) is 66.3 cm³/mol. The summed E-state index contributed by atoms with van der Waals surface area (Å²) in [5.74, 6) is 0.387. The van der Waals surface area contributed by atoms with Crippen LogP contribution in [0.3, 0.4) is 0 Å². The van der Waals surface area contributed by atoms with Crippen LogP contribution in [0, 0.1) is 0 Å². The Kier molecular flexibility index (Phi) is 3.00. The molecule has 2 rings (SSSR count). The minimum absolute atomic E-state index is 0.387. The van der Waals surface area contributed by atoms with E-state index in [2.05, 4.69) is 45.8 Å². The summed E-state index contributed by atoms with van der Waals surface area (Å²) in [7, 11) is 0. The number of hydrogen-bond donors (Lipinski definition) is 0. The molecule has 0 saturated heterocycles. The fraction of sp³-hybridized carbons (Fsp3) is 0.333. The van der Waals surface area contributed by atoms with Crippen molar-refractivity contribution in [3.8, 4) is 0 Å². The standard InChI is InChI=1S/C12H13BrN2/c1-8(9(2)13)12-10-5-3-4-6-11(10)14-7-15-12/h3-9H,1-2H3. The molecule has 2 unspecified atom stereocenters. The van der Waals surface area contributed by atoms with Crippen LogP contribution in [0.25, 0.3) is 10.9 Å². The van der Waals surface area contributed by atoms with Gasteiger partial charge in [0.05, 0.1) is 11.2 Å². The van der Waals surface area contributed by atoms with Crippen LogP contribution in [0.15, 0.2) is 30.6 Å². The molecule has 0 amide bonds. The number of rotatable bonds is 2. The highest BCUT2D eigenvalue weighted by molar-refractivity contribution is 9.09. The summed E-state index contributed by atoms with van der Waals surface area (Å²) in [4.78, 5) is 9.06. The molecule has 0 fully saturated rings. The second-order valence-corrected chi connectivity index (χ2v) is 5.19. The van der Waals surface area contributed by atoms with Crippen LogP contribution in [0.2, 0.25) is 0 Å². The summed E-state index contributed by atoms with van der Waals surface area (Å²) in [6, 6.07) is 8.13. The fourth-order valence-corrected chi connectivity index (χ4v) is 1.86. The van der Waals surface area contributed by atoms with Crippen LogP contribution >= 0.6 is 15.9 Å². The molecule has 0 aliphatic heterocycles. The molecular formula is C12H13BrN2. The van der Waals surface area contributed by atoms with Crippen LogP contribution in [0.4, 0.5) is 0 Å². The molecule has 2 aromatic rings. The van der Waals surface area contributed by atoms with Crippen molar-refractivity contribution in [2.24, 2.45) is 0 Å². The highest BCUT2D eigenvalue weighted by atomic mass is 79.9. The van der Waals surface area contributed by atoms with Gasteiger partial charge in [0, 0.05) is 16.1 Å². The number of halogens is 1. The SMILES string of the molecule is CC(Br)C(C)c1ncnc2ccccc12. The van der Waals surface area contributed by atoms with Crippen molar-refractivity contribution >= 4 is 26.8 Å². The van der Waals surface area contributed by atoms with Crippen LogP contribution in [0.1, 0.15) is 25.5 Å². The Bertz CT molecular complexity index is 463. The van der Waals surface area contributed by atoms with E-state index in [1.165, 1.54) is 0 Å². The van der Waals surface area contributed by atoms with Gasteiger partial charge in [0.1, 0.15) is 6.33 Å². The third-order valence-corrected chi connectivity index (χ3v) is 3.49. The van der Waals surface area contributed by atoms with Gasteiger partial charge in [-0.2, -0.15) is 0 Å². The maximum atomic E-state index is 4.39. The van der Waals surface area contributed by atoms with Crippen LogP contribution in [0.5, 0.6) is 0 Å². The van der Waals surface area contributed by atoms with Gasteiger partial charge in [0.2, 0.25) is 0 Å². The van der Waals surface area contributed by atoms with E-state index in [4.69, 9.17) is 0 Å². The average molecular weight is 265 g/mol. The van der Waals surface area contributed by atoms with Gasteiger partial charge in [-0.25, -0.2) is 9.97 Å². The van der Waals surface area contributed by atoms with E-state index in [1.807, 2.05) is 18.2 Å². The zero-order valence-corrected chi connectivity index (χ0v) is 10.4. The molecule has 0 radical (unpaired) electrons. The van der Waals surface area contributed by atoms with Gasteiger partial charge in [-0.05, 0) is 6.07 Å². The lowest BCUT2D eigenvalue weighted by molar-refractivity contribution is 0.738. The van der Waals surface area contributed by atoms with Crippen LogP contribution in [-0.4, -0.2) is 14.8 Å². The third-order valence-electron chi connectivity index (χ3n) is 2.69. The molecule has 78 valence electrons. The number of para-hydroxylation sites is 1. The summed E-state index contributed by atoms with van der Waals surface area (Å²) in [6.45, 7) is 4.32. The summed E-state index contributed by atoms with van der Waals surface area (Å²) < 4.78 is 0. The number of nitrogens with zero attached hydrogens (tertiary/aromatic N) is 2. The first-order valence-corrected chi connectivity index (χ1v) is 5.95. The predicted octanol–water partition coefficient (Wildman–Crippen LogP) is 3.52. The van der Waals surface area contributed by atoms with Gasteiger partial charge in [-0.15, -0.1) is 0 Å². The van der Waals surface area contributed by atoms with Gasteiger partial charge >= 0.3 is 0 Å². The van der Waals surface area contributed by atoms with E-state index in [0.29, 0.717) is 10.7 Å². The van der Waals surface area contributed by atoms with Crippen LogP contribution < -0.4 is 0 Å². The number of benzene rings is 1. The number of alkyl halides is 1. The van der Waals surface area contributed by atoms with E-state index in [-0.39, 0.29) is 0 Å². The Morgan fingerprint density at radius 3 is 2.60 bits per heavy atom. The molecule has 0 spiro atoms. The van der Waals surface area contributed by atoms with Gasteiger partial charge in [0.15, 0.2) is 0 Å². The zero-order valence-electron chi connectivity index (χ0n) is 8.81. The topological polar surface area (TPSA) is 25.8 Å². The summed E-state index contributed by atoms with van der Waals surface area (Å²) in [5, 5.41) is 1.15. The second-order valence-electron chi connectivity index (χ2n) is 3.74. The number of hydrogen-bond acceptors (Lipinski definition) is 2. The zero-order chi connectivity index (χ0) is 10.8. The van der Waals surface area contributed by atoms with Crippen LogP contribution in [-0.2, 0) is 0 Å². The monoisotopic (exact) mass is 264 g/mol. The molecule has 0 aliphatic rings. The van der Waals surface area contributed by atoms with Crippen molar-refractivity contribution in [2.45, 2.75) is 24.6 Å². The maximum absolute atomic E-state index is 4.39. The smallest absolute Gasteiger partial charge is 0.116 e. The van der Waals surface area contributed by atoms with Crippen molar-refractivity contribution in [3.63, 3.8) is 0 Å². The molecule has 1 heterocycles. The van der Waals surface area contributed by atoms with Crippen molar-refractivity contribution in [2.75, 3.05) is 0 Å². The van der Waals surface area contributed by atoms with Crippen molar-refractivity contribution in [3.05, 3.63) is 36.3 Å². The molecule has 3 heteroatoms. The fourth-order valence-electron chi connectivity index (χ4n) is 1.61. The molecule has 0 aliphatic carbocycles. The van der Waals surface area contributed by atoms with Gasteiger partial charge in [0.25, 0.3) is 0 Å². The second kappa shape index (κ2) is 4.27. The first kappa shape index (κ1) is 10.6. The maximum Gasteiger partial charge on any atom is 0.116 e. The molecule has 1 aromatic heterocycles. The van der Waals surface area contributed by atoms with Gasteiger partial charge < -0.3 is 0 Å². The Balaban J connectivity index is 2.60. The summed E-state index contributed by atoms with van der Waals surface area (Å²) >= 11 is 3.60. The highest BCUT2D eigenvalue weighted by Crippen LogP contribution is 2.27. The molecule has 15 heavy (non-hydrogen) atoms. The van der Waals surface area contributed by atoms with Crippen molar-refractivity contribution in [1.82, 2.24) is 9.97 Å². The van der Waals surface area contributed by atoms with Gasteiger partial charge in [-0.3, -0.25) is 0 Å². The Morgan fingerprint density at radius 1 is 1.13 bits per heavy atom. The van der Waals surface area contributed by atoms with E-state index in [1.54, 1.807) is 6.33 Å². The molecule has 0 saturated carbocycles. The molecule has 2 nitrogen and oxygen atoms in total. The van der Waals surface area contributed by atoms with Crippen molar-refractivity contribution < 1.29 is 0 Å². The summed E-state index contributed by atoms with van der Waals surface area (Å²) in [5.41, 5.74) is 2.13. The first-order chi connectivity index (χ1) is 7.20. The molecular weight excluding hydrogens is 252 g/mol. The molecule has 0 N–H and O–H groups in total. The first-order valence-electron chi connectivity index (χ1n) is 5.04. The van der Waals surface area contributed by atoms with E-state index in [0.717, 1.165) is 16.6 Å². The average Bonchev–Trinajstić information content (AvgIpc) is 2.27. The lowest BCUT2D eigenvalue weighted by Crippen LogP contribution is -2.07. The molecule has 0 bridgehead atoms.